The molecule has 1 saturated carbocycles. The maximum absolute atomic E-state index is 13.3. The Morgan fingerprint density at radius 1 is 1.19 bits per heavy atom. The Morgan fingerprint density at radius 3 is 2.55 bits per heavy atom. The summed E-state index contributed by atoms with van der Waals surface area (Å²) in [6.07, 6.45) is 2.60. The van der Waals surface area contributed by atoms with E-state index in [-0.39, 0.29) is 23.5 Å². The van der Waals surface area contributed by atoms with Crippen LogP contribution in [0.4, 0.5) is 5.69 Å². The van der Waals surface area contributed by atoms with Gasteiger partial charge in [-0.15, -0.1) is 0 Å². The van der Waals surface area contributed by atoms with Crippen LogP contribution in [-0.2, 0) is 9.84 Å². The van der Waals surface area contributed by atoms with Crippen molar-refractivity contribution in [2.24, 2.45) is 0 Å². The molecule has 5 rings (SSSR count). The summed E-state index contributed by atoms with van der Waals surface area (Å²) >= 11 is 0. The van der Waals surface area contributed by atoms with Crippen molar-refractivity contribution in [2.75, 3.05) is 23.9 Å². The number of nitrogens with zero attached hydrogens (tertiary/aromatic N) is 3. The second kappa shape index (κ2) is 7.33. The third-order valence-electron chi connectivity index (χ3n) is 6.00. The number of methoxy groups -OCH3 is 1. The zero-order chi connectivity index (χ0) is 21.8. The van der Waals surface area contributed by atoms with E-state index in [1.54, 1.807) is 36.1 Å². The number of rotatable bonds is 5. The minimum atomic E-state index is -3.07. The smallest absolute Gasteiger partial charge is 0.256 e. The molecule has 0 bridgehead atoms. The molecule has 3 aromatic rings. The van der Waals surface area contributed by atoms with Crippen molar-refractivity contribution < 1.29 is 17.9 Å². The summed E-state index contributed by atoms with van der Waals surface area (Å²) in [5.74, 6) is 1.04. The molecule has 0 spiro atoms. The predicted octanol–water partition coefficient (Wildman–Crippen LogP) is 3.24. The second-order valence-electron chi connectivity index (χ2n) is 8.34. The van der Waals surface area contributed by atoms with Crippen molar-refractivity contribution in [3.8, 4) is 5.75 Å². The van der Waals surface area contributed by atoms with Crippen LogP contribution in [0.25, 0.3) is 11.0 Å². The zero-order valence-electron chi connectivity index (χ0n) is 17.5. The van der Waals surface area contributed by atoms with Crippen LogP contribution in [0.2, 0.25) is 0 Å². The normalized spacial score (nSPS) is 20.1. The number of carbonyl (C=O) groups is 1. The highest BCUT2D eigenvalue weighted by Crippen LogP contribution is 2.41. The monoisotopic (exact) mass is 440 g/mol. The largest absolute Gasteiger partial charge is 0.497 e. The van der Waals surface area contributed by atoms with E-state index < -0.39 is 9.84 Å². The maximum atomic E-state index is 13.3. The Hall–Kier alpha value is -2.94. The molecule has 8 nitrogen and oxygen atoms in total. The maximum Gasteiger partial charge on any atom is 0.256 e. The molecule has 1 unspecified atom stereocenters. The summed E-state index contributed by atoms with van der Waals surface area (Å²) in [7, 11) is -1.47. The molecule has 1 amide bonds. The minimum Gasteiger partial charge on any atom is -0.497 e. The molecule has 1 aliphatic carbocycles. The summed E-state index contributed by atoms with van der Waals surface area (Å²) in [6, 6.07) is 8.77. The van der Waals surface area contributed by atoms with Crippen LogP contribution in [0, 0.1) is 6.92 Å². The number of aryl methyl sites for hydroxylation is 1. The fraction of sp³-hybridized carbons (Fsp3) is 0.409. The van der Waals surface area contributed by atoms with Crippen LogP contribution in [0.3, 0.4) is 0 Å². The van der Waals surface area contributed by atoms with Gasteiger partial charge in [0.15, 0.2) is 15.5 Å². The average molecular weight is 441 g/mol. The number of sulfone groups is 1. The first-order chi connectivity index (χ1) is 14.8. The Bertz CT molecular complexity index is 1280. The molecule has 1 aliphatic heterocycles. The lowest BCUT2D eigenvalue weighted by atomic mass is 10.1. The standard InChI is InChI=1S/C22H24N4O4S/c1-13-20-18(22(27)23-15-5-7-17(30-2)8-6-15)11-19(14-3-4-14)24-21(20)26(25-13)16-9-10-31(28,29)12-16/h5-8,11,14,16H,3-4,9-10,12H2,1-2H3,(H,23,27). The molecular weight excluding hydrogens is 416 g/mol. The van der Waals surface area contributed by atoms with Crippen LogP contribution in [0.15, 0.2) is 30.3 Å². The van der Waals surface area contributed by atoms with Gasteiger partial charge in [-0.2, -0.15) is 5.10 Å². The van der Waals surface area contributed by atoms with Crippen LogP contribution < -0.4 is 10.1 Å². The van der Waals surface area contributed by atoms with Gasteiger partial charge >= 0.3 is 0 Å². The van der Waals surface area contributed by atoms with E-state index >= 15 is 0 Å². The SMILES string of the molecule is COc1ccc(NC(=O)c2cc(C3CC3)nc3c2c(C)nn3C2CCS(=O)(=O)C2)cc1. The fourth-order valence-electron chi connectivity index (χ4n) is 4.20. The van der Waals surface area contributed by atoms with Crippen LogP contribution >= 0.6 is 0 Å². The Balaban J connectivity index is 1.57. The van der Waals surface area contributed by atoms with E-state index in [0.717, 1.165) is 18.5 Å². The summed E-state index contributed by atoms with van der Waals surface area (Å²) in [4.78, 5) is 18.1. The number of anilines is 1. The summed E-state index contributed by atoms with van der Waals surface area (Å²) < 4.78 is 31.0. The van der Waals surface area contributed by atoms with Crippen LogP contribution in [0.5, 0.6) is 5.75 Å². The Labute approximate surface area is 180 Å². The van der Waals surface area contributed by atoms with E-state index in [2.05, 4.69) is 10.4 Å². The van der Waals surface area contributed by atoms with Crippen molar-refractivity contribution in [3.63, 3.8) is 0 Å². The summed E-state index contributed by atoms with van der Waals surface area (Å²) in [6.45, 7) is 1.84. The molecule has 0 radical (unpaired) electrons. The molecule has 1 atom stereocenters. The highest BCUT2D eigenvalue weighted by Gasteiger charge is 2.34. The third kappa shape index (κ3) is 3.78. The van der Waals surface area contributed by atoms with E-state index in [1.165, 1.54) is 0 Å². The first kappa shape index (κ1) is 20.0. The van der Waals surface area contributed by atoms with Gasteiger partial charge in [-0.3, -0.25) is 4.79 Å². The van der Waals surface area contributed by atoms with Gasteiger partial charge in [-0.05, 0) is 56.5 Å². The molecule has 1 saturated heterocycles. The first-order valence-electron chi connectivity index (χ1n) is 10.4. The lowest BCUT2D eigenvalue weighted by Gasteiger charge is -2.12. The fourth-order valence-corrected chi connectivity index (χ4v) is 5.89. The molecule has 31 heavy (non-hydrogen) atoms. The number of hydrogen-bond donors (Lipinski definition) is 1. The van der Waals surface area contributed by atoms with Gasteiger partial charge in [-0.1, -0.05) is 0 Å². The number of hydrogen-bond acceptors (Lipinski definition) is 6. The number of benzene rings is 1. The number of pyridine rings is 1. The van der Waals surface area contributed by atoms with Gasteiger partial charge in [-0.25, -0.2) is 18.1 Å². The molecular formula is C22H24N4O4S. The molecule has 2 aliphatic rings. The molecule has 3 heterocycles. The molecule has 9 heteroatoms. The van der Waals surface area contributed by atoms with Crippen molar-refractivity contribution in [1.29, 1.82) is 0 Å². The Morgan fingerprint density at radius 2 is 1.94 bits per heavy atom. The highest BCUT2D eigenvalue weighted by molar-refractivity contribution is 7.91. The lowest BCUT2D eigenvalue weighted by molar-refractivity contribution is 0.102. The van der Waals surface area contributed by atoms with Gasteiger partial charge in [0.05, 0.1) is 41.3 Å². The number of carbonyl (C=O) groups excluding carboxylic acids is 1. The number of nitrogens with one attached hydrogen (secondary N) is 1. The Kier molecular flexibility index (Phi) is 4.73. The zero-order valence-corrected chi connectivity index (χ0v) is 18.3. The number of fused-ring (bicyclic) bond motifs is 1. The van der Waals surface area contributed by atoms with Crippen LogP contribution in [-0.4, -0.2) is 47.7 Å². The van der Waals surface area contributed by atoms with Gasteiger partial charge in [0.1, 0.15) is 5.75 Å². The molecule has 2 fully saturated rings. The van der Waals surface area contributed by atoms with Gasteiger partial charge < -0.3 is 10.1 Å². The molecule has 1 aromatic carbocycles. The third-order valence-corrected chi connectivity index (χ3v) is 7.75. The quantitative estimate of drug-likeness (QED) is 0.653. The van der Waals surface area contributed by atoms with Crippen LogP contribution in [0.1, 0.15) is 53.0 Å². The van der Waals surface area contributed by atoms with E-state index in [4.69, 9.17) is 9.72 Å². The topological polar surface area (TPSA) is 103 Å². The van der Waals surface area contributed by atoms with Crippen molar-refractivity contribution in [1.82, 2.24) is 14.8 Å². The van der Waals surface area contributed by atoms with Gasteiger partial charge in [0.25, 0.3) is 5.91 Å². The van der Waals surface area contributed by atoms with Crippen molar-refractivity contribution in [3.05, 3.63) is 47.3 Å². The lowest BCUT2D eigenvalue weighted by Crippen LogP contribution is -2.15. The van der Waals surface area contributed by atoms with Crippen molar-refractivity contribution in [2.45, 2.75) is 38.1 Å². The van der Waals surface area contributed by atoms with E-state index in [0.29, 0.717) is 46.1 Å². The molecule has 1 N–H and O–H groups in total. The molecule has 2 aromatic heterocycles. The average Bonchev–Trinajstić information content (AvgIpc) is 3.47. The van der Waals surface area contributed by atoms with Crippen molar-refractivity contribution >= 4 is 32.5 Å². The predicted molar refractivity (Wildman–Crippen MR) is 117 cm³/mol. The second-order valence-corrected chi connectivity index (χ2v) is 10.6. The van der Waals surface area contributed by atoms with Gasteiger partial charge in [0, 0.05) is 17.3 Å². The highest BCUT2D eigenvalue weighted by atomic mass is 32.2. The van der Waals surface area contributed by atoms with E-state index in [1.807, 2.05) is 13.0 Å². The summed E-state index contributed by atoms with van der Waals surface area (Å²) in [5.41, 5.74) is 3.33. The summed E-state index contributed by atoms with van der Waals surface area (Å²) in [5, 5.41) is 8.26. The van der Waals surface area contributed by atoms with E-state index in [9.17, 15) is 13.2 Å². The number of amides is 1. The minimum absolute atomic E-state index is 0.0614. The van der Waals surface area contributed by atoms with Gasteiger partial charge in [0.2, 0.25) is 0 Å². The number of ether oxygens (including phenoxy) is 1. The molecule has 162 valence electrons. The first-order valence-corrected chi connectivity index (χ1v) is 12.2. The number of aromatic nitrogens is 3.